The van der Waals surface area contributed by atoms with Gasteiger partial charge in [-0.05, 0) is 18.2 Å². The van der Waals surface area contributed by atoms with Crippen molar-refractivity contribution in [2.24, 2.45) is 0 Å². The number of hydrogen-bond acceptors (Lipinski definition) is 4. The van der Waals surface area contributed by atoms with Gasteiger partial charge in [-0.3, -0.25) is 0 Å². The largest absolute Gasteiger partial charge is 0.490 e. The Bertz CT molecular complexity index is 493. The Labute approximate surface area is 117 Å². The Balaban J connectivity index is 1.68. The van der Waals surface area contributed by atoms with Gasteiger partial charge in [0.2, 0.25) is 0 Å². The van der Waals surface area contributed by atoms with E-state index in [4.69, 9.17) is 19.3 Å². The Morgan fingerprint density at radius 3 is 3.05 bits per heavy atom. The molecule has 2 aliphatic rings. The maximum Gasteiger partial charge on any atom is 0.335 e. The van der Waals surface area contributed by atoms with Crippen molar-refractivity contribution in [2.45, 2.75) is 31.0 Å². The molecule has 1 aromatic carbocycles. The average Bonchev–Trinajstić information content (AvgIpc) is 2.87. The third-order valence-electron chi connectivity index (χ3n) is 3.90. The third kappa shape index (κ3) is 2.78. The molecule has 0 bridgehead atoms. The number of hydrogen-bond donors (Lipinski definition) is 1. The standard InChI is InChI=1S/C15H18O5/c16-14(17)11-2-1-3-12(8-11)20-13-4-6-19-15(9-13)5-7-18-10-15/h1-3,8,13H,4-7,9-10H2,(H,16,17). The molecule has 2 aliphatic heterocycles. The summed E-state index contributed by atoms with van der Waals surface area (Å²) in [5, 5.41) is 8.99. The van der Waals surface area contributed by atoms with Gasteiger partial charge in [0.05, 0.1) is 24.4 Å². The molecule has 0 saturated carbocycles. The Kier molecular flexibility index (Phi) is 3.63. The van der Waals surface area contributed by atoms with Gasteiger partial charge >= 0.3 is 5.97 Å². The van der Waals surface area contributed by atoms with Crippen LogP contribution in [0.1, 0.15) is 29.6 Å². The van der Waals surface area contributed by atoms with E-state index in [0.717, 1.165) is 25.9 Å². The second-order valence-corrected chi connectivity index (χ2v) is 5.40. The fourth-order valence-corrected chi connectivity index (χ4v) is 2.84. The van der Waals surface area contributed by atoms with E-state index >= 15 is 0 Å². The maximum absolute atomic E-state index is 11.0. The first-order chi connectivity index (χ1) is 9.67. The van der Waals surface area contributed by atoms with Gasteiger partial charge in [0.1, 0.15) is 11.9 Å². The molecule has 2 fully saturated rings. The first-order valence-corrected chi connectivity index (χ1v) is 6.89. The average molecular weight is 278 g/mol. The molecule has 0 radical (unpaired) electrons. The predicted octanol–water partition coefficient (Wildman–Crippen LogP) is 2.10. The second kappa shape index (κ2) is 5.42. The van der Waals surface area contributed by atoms with Crippen LogP contribution in [-0.2, 0) is 9.47 Å². The molecule has 108 valence electrons. The topological polar surface area (TPSA) is 65.0 Å². The summed E-state index contributed by atoms with van der Waals surface area (Å²) in [6.07, 6.45) is 2.57. The molecule has 2 saturated heterocycles. The lowest BCUT2D eigenvalue weighted by Crippen LogP contribution is -2.44. The van der Waals surface area contributed by atoms with E-state index in [9.17, 15) is 4.79 Å². The lowest BCUT2D eigenvalue weighted by atomic mass is 9.91. The highest BCUT2D eigenvalue weighted by Gasteiger charge is 2.41. The molecule has 20 heavy (non-hydrogen) atoms. The second-order valence-electron chi connectivity index (χ2n) is 5.40. The molecule has 1 spiro atoms. The molecule has 5 nitrogen and oxygen atoms in total. The Morgan fingerprint density at radius 1 is 1.40 bits per heavy atom. The number of aromatic carboxylic acids is 1. The molecular weight excluding hydrogens is 260 g/mol. The quantitative estimate of drug-likeness (QED) is 0.917. The van der Waals surface area contributed by atoms with Crippen LogP contribution in [-0.4, -0.2) is 42.6 Å². The van der Waals surface area contributed by atoms with Crippen LogP contribution in [0.3, 0.4) is 0 Å². The fourth-order valence-electron chi connectivity index (χ4n) is 2.84. The minimum absolute atomic E-state index is 0.0505. The van der Waals surface area contributed by atoms with Gasteiger partial charge in [0.15, 0.2) is 0 Å². The van der Waals surface area contributed by atoms with E-state index in [0.29, 0.717) is 19.0 Å². The summed E-state index contributed by atoms with van der Waals surface area (Å²) in [7, 11) is 0. The van der Waals surface area contributed by atoms with Crippen molar-refractivity contribution < 1.29 is 24.1 Å². The van der Waals surface area contributed by atoms with Crippen LogP contribution in [0.4, 0.5) is 0 Å². The lowest BCUT2D eigenvalue weighted by molar-refractivity contribution is -0.112. The predicted molar refractivity (Wildman–Crippen MR) is 71.2 cm³/mol. The molecule has 0 aromatic heterocycles. The summed E-state index contributed by atoms with van der Waals surface area (Å²) >= 11 is 0. The molecule has 0 amide bonds. The van der Waals surface area contributed by atoms with Crippen LogP contribution in [0.25, 0.3) is 0 Å². The molecule has 1 N–H and O–H groups in total. The normalized spacial score (nSPS) is 29.5. The van der Waals surface area contributed by atoms with Crippen molar-refractivity contribution >= 4 is 5.97 Å². The van der Waals surface area contributed by atoms with Crippen LogP contribution in [0.2, 0.25) is 0 Å². The van der Waals surface area contributed by atoms with Gasteiger partial charge < -0.3 is 19.3 Å². The zero-order valence-electron chi connectivity index (χ0n) is 11.2. The Hall–Kier alpha value is -1.59. The van der Waals surface area contributed by atoms with Crippen LogP contribution < -0.4 is 4.74 Å². The lowest BCUT2D eigenvalue weighted by Gasteiger charge is -2.37. The molecule has 1 aromatic rings. The number of carboxylic acid groups (broad SMARTS) is 1. The van der Waals surface area contributed by atoms with E-state index in [2.05, 4.69) is 0 Å². The minimum atomic E-state index is -0.942. The molecule has 5 heteroatoms. The fraction of sp³-hybridized carbons (Fsp3) is 0.533. The summed E-state index contributed by atoms with van der Waals surface area (Å²) in [6, 6.07) is 6.62. The first kappa shape index (κ1) is 13.4. The minimum Gasteiger partial charge on any atom is -0.490 e. The summed E-state index contributed by atoms with van der Waals surface area (Å²) in [5.74, 6) is -0.339. The van der Waals surface area contributed by atoms with Crippen LogP contribution in [0, 0.1) is 0 Å². The summed E-state index contributed by atoms with van der Waals surface area (Å²) in [4.78, 5) is 11.0. The third-order valence-corrected chi connectivity index (χ3v) is 3.90. The van der Waals surface area contributed by atoms with Gasteiger partial charge in [-0.2, -0.15) is 0 Å². The molecule has 2 heterocycles. The first-order valence-electron chi connectivity index (χ1n) is 6.89. The highest BCUT2D eigenvalue weighted by atomic mass is 16.6. The molecule has 2 atom stereocenters. The summed E-state index contributed by atoms with van der Waals surface area (Å²) in [6.45, 7) is 2.02. The van der Waals surface area contributed by atoms with Gasteiger partial charge in [-0.15, -0.1) is 0 Å². The number of benzene rings is 1. The van der Waals surface area contributed by atoms with Crippen molar-refractivity contribution in [3.8, 4) is 5.75 Å². The highest BCUT2D eigenvalue weighted by Crippen LogP contribution is 2.34. The van der Waals surface area contributed by atoms with Gasteiger partial charge in [0, 0.05) is 25.9 Å². The van der Waals surface area contributed by atoms with Crippen LogP contribution >= 0.6 is 0 Å². The SMILES string of the molecule is O=C(O)c1cccc(OC2CCOC3(CCOC3)C2)c1. The van der Waals surface area contributed by atoms with E-state index in [1.165, 1.54) is 0 Å². The summed E-state index contributed by atoms with van der Waals surface area (Å²) in [5.41, 5.74) is 0.0429. The van der Waals surface area contributed by atoms with Gasteiger partial charge in [-0.1, -0.05) is 6.07 Å². The molecule has 2 unspecified atom stereocenters. The number of ether oxygens (including phenoxy) is 3. The van der Waals surface area contributed by atoms with E-state index in [-0.39, 0.29) is 17.3 Å². The molecule has 3 rings (SSSR count). The zero-order valence-corrected chi connectivity index (χ0v) is 11.2. The Morgan fingerprint density at radius 2 is 2.30 bits per heavy atom. The zero-order chi connectivity index (χ0) is 14.0. The highest BCUT2D eigenvalue weighted by molar-refractivity contribution is 5.87. The monoisotopic (exact) mass is 278 g/mol. The van der Waals surface area contributed by atoms with E-state index < -0.39 is 5.97 Å². The van der Waals surface area contributed by atoms with Gasteiger partial charge in [-0.25, -0.2) is 4.79 Å². The number of carbonyl (C=O) groups is 1. The smallest absolute Gasteiger partial charge is 0.335 e. The van der Waals surface area contributed by atoms with Crippen molar-refractivity contribution in [3.63, 3.8) is 0 Å². The van der Waals surface area contributed by atoms with Crippen LogP contribution in [0.5, 0.6) is 5.75 Å². The van der Waals surface area contributed by atoms with Crippen molar-refractivity contribution in [2.75, 3.05) is 19.8 Å². The number of rotatable bonds is 3. The van der Waals surface area contributed by atoms with Gasteiger partial charge in [0.25, 0.3) is 0 Å². The summed E-state index contributed by atoms with van der Waals surface area (Å²) < 4.78 is 17.2. The van der Waals surface area contributed by atoms with Crippen molar-refractivity contribution in [3.05, 3.63) is 29.8 Å². The maximum atomic E-state index is 11.0. The van der Waals surface area contributed by atoms with E-state index in [1.807, 2.05) is 0 Å². The van der Waals surface area contributed by atoms with Crippen molar-refractivity contribution in [1.29, 1.82) is 0 Å². The molecular formula is C15H18O5. The van der Waals surface area contributed by atoms with Crippen LogP contribution in [0.15, 0.2) is 24.3 Å². The molecule has 0 aliphatic carbocycles. The van der Waals surface area contributed by atoms with Crippen molar-refractivity contribution in [1.82, 2.24) is 0 Å². The number of carboxylic acids is 1. The van der Waals surface area contributed by atoms with E-state index in [1.54, 1.807) is 24.3 Å².